The van der Waals surface area contributed by atoms with E-state index in [2.05, 4.69) is 28.9 Å². The Morgan fingerprint density at radius 3 is 2.07 bits per heavy atom. The average molecular weight is 674 g/mol. The summed E-state index contributed by atoms with van der Waals surface area (Å²) in [5.41, 5.74) is 0.710. The van der Waals surface area contributed by atoms with Crippen LogP contribution in [0.3, 0.4) is 0 Å². The van der Waals surface area contributed by atoms with E-state index in [0.29, 0.717) is 12.0 Å². The molecule has 6 atom stereocenters. The molecule has 1 aliphatic heterocycles. The number of ether oxygens (including phenoxy) is 2. The fraction of sp³-hybridized carbons (Fsp3) is 0.727. The summed E-state index contributed by atoms with van der Waals surface area (Å²) in [5.74, 6) is 0.0452. The van der Waals surface area contributed by atoms with Crippen LogP contribution in [0.5, 0.6) is 5.75 Å². The number of aliphatic hydroxyl groups excluding tert-OH is 4. The Bertz CT molecular complexity index is 1030. The van der Waals surface area contributed by atoms with Crippen molar-refractivity contribution in [3.05, 3.63) is 42.0 Å². The number of unbranched alkanes of at least 4 members (excludes halogenated alkanes) is 11. The summed E-state index contributed by atoms with van der Waals surface area (Å²) < 4.78 is 26.9. The first-order valence-corrected chi connectivity index (χ1v) is 18.3. The van der Waals surface area contributed by atoms with E-state index in [0.717, 1.165) is 44.9 Å². The highest BCUT2D eigenvalue weighted by Gasteiger charge is 2.44. The highest BCUT2D eigenvalue weighted by Crippen LogP contribution is 2.36. The number of nitrogens with one attached hydrogen (secondary N) is 1. The molecule has 0 bridgehead atoms. The first-order valence-electron chi connectivity index (χ1n) is 16.7. The number of amides is 1. The van der Waals surface area contributed by atoms with Crippen LogP contribution in [0.4, 0.5) is 0 Å². The highest BCUT2D eigenvalue weighted by atomic mass is 31.2. The van der Waals surface area contributed by atoms with Crippen LogP contribution in [0.15, 0.2) is 36.4 Å². The lowest BCUT2D eigenvalue weighted by Gasteiger charge is -2.39. The van der Waals surface area contributed by atoms with E-state index in [1.54, 1.807) is 24.3 Å². The summed E-state index contributed by atoms with van der Waals surface area (Å²) in [6, 6.07) is 5.76. The second-order valence-corrected chi connectivity index (χ2v) is 13.3. The van der Waals surface area contributed by atoms with Crippen molar-refractivity contribution < 1.29 is 53.6 Å². The number of hydrogen-bond acceptors (Lipinski definition) is 9. The molecule has 1 saturated heterocycles. The molecular weight excluding hydrogens is 617 g/mol. The number of rotatable bonds is 24. The van der Waals surface area contributed by atoms with E-state index in [-0.39, 0.29) is 24.7 Å². The van der Waals surface area contributed by atoms with E-state index < -0.39 is 51.2 Å². The van der Waals surface area contributed by atoms with Crippen molar-refractivity contribution >= 4 is 13.7 Å². The zero-order valence-corrected chi connectivity index (χ0v) is 28.0. The fourth-order valence-corrected chi connectivity index (χ4v) is 5.66. The number of carbonyl (C=O) groups is 1. The van der Waals surface area contributed by atoms with Crippen LogP contribution >= 0.6 is 7.82 Å². The minimum atomic E-state index is -4.74. The molecule has 1 unspecified atom stereocenters. The molecular formula is C33H56NO11P. The van der Waals surface area contributed by atoms with Crippen LogP contribution < -0.4 is 10.1 Å². The number of allylic oxidation sites excluding steroid dienone is 2. The standard InChI is InChI=1S/C33H56NO11P/c1-2-3-4-5-6-7-8-9-10-11-12-13-14-15-16-17-29(36)34-26(24-43-46(40,41)42)22-25-18-20-27(21-19-25)44-33-32(39)31(38)30(37)28(23-35)45-33/h9-10,18-21,26,28,30-33,35,37-39H,2-8,11-17,22-24H2,1H3,(H,34,36)(H2,40,41,42)/b10-9-/t26-,28-,30-,31+,32-,33?/m1/s1. The van der Waals surface area contributed by atoms with Crippen molar-refractivity contribution in [2.45, 2.75) is 140 Å². The van der Waals surface area contributed by atoms with E-state index in [4.69, 9.17) is 9.47 Å². The Hall–Kier alpha value is -1.86. The van der Waals surface area contributed by atoms with Crippen LogP contribution in [0.1, 0.15) is 102 Å². The van der Waals surface area contributed by atoms with E-state index in [1.807, 2.05) is 0 Å². The van der Waals surface area contributed by atoms with Gasteiger partial charge in [-0.3, -0.25) is 9.32 Å². The second kappa shape index (κ2) is 22.7. The van der Waals surface area contributed by atoms with Gasteiger partial charge in [0.1, 0.15) is 30.2 Å². The highest BCUT2D eigenvalue weighted by molar-refractivity contribution is 7.46. The predicted octanol–water partition coefficient (Wildman–Crippen LogP) is 4.04. The normalized spacial score (nSPS) is 22.6. The number of phosphoric ester groups is 1. The zero-order chi connectivity index (χ0) is 33.8. The van der Waals surface area contributed by atoms with Crippen molar-refractivity contribution in [3.63, 3.8) is 0 Å². The number of benzene rings is 1. The molecule has 1 aromatic rings. The molecule has 0 spiro atoms. The molecule has 1 aromatic carbocycles. The van der Waals surface area contributed by atoms with Crippen molar-refractivity contribution in [1.82, 2.24) is 5.32 Å². The quantitative estimate of drug-likeness (QED) is 0.0476. The third kappa shape index (κ3) is 16.8. The van der Waals surface area contributed by atoms with Gasteiger partial charge in [0.05, 0.1) is 19.3 Å². The lowest BCUT2D eigenvalue weighted by atomic mass is 9.99. The SMILES string of the molecule is CCCCCCCC/C=C\CCCCCCCC(=O)N[C@@H](COP(=O)(O)O)Cc1ccc(OC2O[C@H](CO)[C@@H](O)[C@H](O)[C@H]2O)cc1. The zero-order valence-electron chi connectivity index (χ0n) is 27.1. The van der Waals surface area contributed by atoms with Crippen LogP contribution in [0.2, 0.25) is 0 Å². The third-order valence-electron chi connectivity index (χ3n) is 7.98. The molecule has 12 nitrogen and oxygen atoms in total. The number of hydrogen-bond donors (Lipinski definition) is 7. The molecule has 13 heteroatoms. The summed E-state index contributed by atoms with van der Waals surface area (Å²) >= 11 is 0. The summed E-state index contributed by atoms with van der Waals surface area (Å²) in [4.78, 5) is 31.0. The first kappa shape index (κ1) is 40.3. The maximum absolute atomic E-state index is 12.6. The summed E-state index contributed by atoms with van der Waals surface area (Å²) in [6.07, 6.45) is 13.1. The molecule has 7 N–H and O–H groups in total. The molecule has 1 fully saturated rings. The Morgan fingerprint density at radius 2 is 1.48 bits per heavy atom. The molecule has 264 valence electrons. The van der Waals surface area contributed by atoms with Gasteiger partial charge < -0.3 is 45.0 Å². The van der Waals surface area contributed by atoms with Gasteiger partial charge in [-0.1, -0.05) is 82.6 Å². The maximum Gasteiger partial charge on any atom is 0.469 e. The topological polar surface area (TPSA) is 195 Å². The second-order valence-electron chi connectivity index (χ2n) is 12.0. The minimum absolute atomic E-state index is 0.221. The smallest absolute Gasteiger partial charge is 0.462 e. The van der Waals surface area contributed by atoms with Crippen molar-refractivity contribution in [3.8, 4) is 5.75 Å². The van der Waals surface area contributed by atoms with Crippen LogP contribution in [0, 0.1) is 0 Å². The Labute approximate surface area is 273 Å². The molecule has 0 aliphatic carbocycles. The summed E-state index contributed by atoms with van der Waals surface area (Å²) in [7, 11) is -4.74. The number of carbonyl (C=O) groups excluding carboxylic acids is 1. The Kier molecular flexibility index (Phi) is 19.9. The lowest BCUT2D eigenvalue weighted by Crippen LogP contribution is -2.60. The number of phosphoric acid groups is 1. The molecule has 2 rings (SSSR count). The lowest BCUT2D eigenvalue weighted by molar-refractivity contribution is -0.277. The maximum atomic E-state index is 12.6. The van der Waals surface area contributed by atoms with E-state index in [9.17, 15) is 39.6 Å². The van der Waals surface area contributed by atoms with Gasteiger partial charge in [-0.05, 0) is 56.2 Å². The van der Waals surface area contributed by atoms with Gasteiger partial charge in [-0.25, -0.2) is 4.57 Å². The van der Waals surface area contributed by atoms with Gasteiger partial charge in [-0.15, -0.1) is 0 Å². The predicted molar refractivity (Wildman–Crippen MR) is 174 cm³/mol. The van der Waals surface area contributed by atoms with Crippen molar-refractivity contribution in [2.24, 2.45) is 0 Å². The van der Waals surface area contributed by atoms with Gasteiger partial charge in [0.2, 0.25) is 12.2 Å². The summed E-state index contributed by atoms with van der Waals surface area (Å²) in [6.45, 7) is 1.27. The Morgan fingerprint density at radius 1 is 0.891 bits per heavy atom. The number of aliphatic hydroxyl groups is 4. The van der Waals surface area contributed by atoms with Gasteiger partial charge in [-0.2, -0.15) is 0 Å². The van der Waals surface area contributed by atoms with Gasteiger partial charge in [0, 0.05) is 6.42 Å². The molecule has 46 heavy (non-hydrogen) atoms. The molecule has 1 heterocycles. The molecule has 1 aliphatic rings. The molecule has 1 amide bonds. The van der Waals surface area contributed by atoms with Crippen LogP contribution in [-0.4, -0.2) is 86.1 Å². The average Bonchev–Trinajstić information content (AvgIpc) is 3.02. The van der Waals surface area contributed by atoms with E-state index >= 15 is 0 Å². The minimum Gasteiger partial charge on any atom is -0.462 e. The fourth-order valence-electron chi connectivity index (χ4n) is 5.28. The van der Waals surface area contributed by atoms with Crippen LogP contribution in [0.25, 0.3) is 0 Å². The first-order chi connectivity index (χ1) is 22.0. The van der Waals surface area contributed by atoms with Gasteiger partial charge >= 0.3 is 7.82 Å². The molecule has 0 saturated carbocycles. The molecule has 0 aromatic heterocycles. The third-order valence-corrected chi connectivity index (χ3v) is 8.47. The van der Waals surface area contributed by atoms with Crippen molar-refractivity contribution in [2.75, 3.05) is 13.2 Å². The van der Waals surface area contributed by atoms with Crippen LogP contribution in [-0.2, 0) is 25.0 Å². The monoisotopic (exact) mass is 673 g/mol. The summed E-state index contributed by atoms with van der Waals surface area (Å²) in [5, 5.41) is 42.2. The van der Waals surface area contributed by atoms with E-state index in [1.165, 1.54) is 38.5 Å². The Balaban J connectivity index is 1.72. The largest absolute Gasteiger partial charge is 0.469 e. The van der Waals surface area contributed by atoms with Gasteiger partial charge in [0.25, 0.3) is 0 Å². The van der Waals surface area contributed by atoms with Gasteiger partial charge in [0.15, 0.2) is 0 Å². The van der Waals surface area contributed by atoms with Crippen molar-refractivity contribution in [1.29, 1.82) is 0 Å². The molecule has 0 radical (unpaired) electrons.